The smallest absolute Gasteiger partial charge is 0.214 e. The molecule has 0 aliphatic heterocycles. The number of hydrogen-bond acceptors (Lipinski definition) is 2. The largest absolute Gasteiger partial charge is 0.282 e. The molecule has 1 rings (SSSR count). The van der Waals surface area contributed by atoms with Crippen LogP contribution in [0.3, 0.4) is 0 Å². The zero-order valence-electron chi connectivity index (χ0n) is 12.1. The number of rotatable bonds is 7. The summed E-state index contributed by atoms with van der Waals surface area (Å²) in [7, 11) is 0. The van der Waals surface area contributed by atoms with Crippen LogP contribution in [0, 0.1) is 0 Å². The van der Waals surface area contributed by atoms with Gasteiger partial charge in [-0.15, -0.1) is 0 Å². The Morgan fingerprint density at radius 2 is 1.83 bits per heavy atom. The molecule has 0 heterocycles. The van der Waals surface area contributed by atoms with Crippen LogP contribution in [-0.2, 0) is 4.79 Å². The average Bonchev–Trinajstić information content (AvgIpc) is 2.36. The van der Waals surface area contributed by atoms with Gasteiger partial charge in [0.1, 0.15) is 0 Å². The molecule has 2 heteroatoms. The molecule has 1 nitrogen and oxygen atoms in total. The van der Waals surface area contributed by atoms with Gasteiger partial charge in [-0.2, -0.15) is 0 Å². The van der Waals surface area contributed by atoms with E-state index in [0.717, 1.165) is 0 Å². The quantitative estimate of drug-likeness (QED) is 0.448. The first-order chi connectivity index (χ1) is 8.59. The molecule has 18 heavy (non-hydrogen) atoms. The maximum absolute atomic E-state index is 12.0. The van der Waals surface area contributed by atoms with Crippen LogP contribution in [0.2, 0.25) is 0 Å². The Hall–Kier alpha value is -0.240. The van der Waals surface area contributed by atoms with Crippen molar-refractivity contribution in [3.05, 3.63) is 12.2 Å². The highest BCUT2D eigenvalue weighted by atomic mass is 32.2. The van der Waals surface area contributed by atoms with E-state index in [2.05, 4.69) is 13.5 Å². The number of hydrogen-bond donors (Lipinski definition) is 0. The number of unbranched alkanes of at least 4 members (excludes halogenated alkanes) is 3. The maximum Gasteiger partial charge on any atom is 0.214 e. The van der Waals surface area contributed by atoms with Gasteiger partial charge in [-0.05, 0) is 31.8 Å². The lowest BCUT2D eigenvalue weighted by Crippen LogP contribution is -2.29. The van der Waals surface area contributed by atoms with Crippen LogP contribution < -0.4 is 0 Å². The second kappa shape index (κ2) is 8.04. The van der Waals surface area contributed by atoms with Crippen molar-refractivity contribution >= 4 is 16.9 Å². The Morgan fingerprint density at radius 1 is 1.17 bits per heavy atom. The highest BCUT2D eigenvalue weighted by molar-refractivity contribution is 8.15. The van der Waals surface area contributed by atoms with Gasteiger partial charge < -0.3 is 0 Å². The molecule has 1 aliphatic rings. The van der Waals surface area contributed by atoms with Gasteiger partial charge in [0.15, 0.2) is 0 Å². The zero-order valence-corrected chi connectivity index (χ0v) is 12.9. The van der Waals surface area contributed by atoms with Gasteiger partial charge in [0.05, 0.1) is 0 Å². The molecule has 0 aromatic heterocycles. The van der Waals surface area contributed by atoms with Crippen LogP contribution in [0.4, 0.5) is 0 Å². The summed E-state index contributed by atoms with van der Waals surface area (Å²) >= 11 is 1.60. The molecule has 0 bridgehead atoms. The van der Waals surface area contributed by atoms with Gasteiger partial charge >= 0.3 is 0 Å². The molecule has 1 fully saturated rings. The normalized spacial score (nSPS) is 18.6. The predicted octanol–water partition coefficient (Wildman–Crippen LogP) is 5.50. The molecule has 104 valence electrons. The fourth-order valence-corrected chi connectivity index (χ4v) is 4.06. The van der Waals surface area contributed by atoms with E-state index in [1.807, 2.05) is 6.92 Å². The monoisotopic (exact) mass is 268 g/mol. The first-order valence-corrected chi connectivity index (χ1v) is 8.30. The zero-order chi connectivity index (χ0) is 13.4. The molecule has 0 radical (unpaired) electrons. The van der Waals surface area contributed by atoms with Crippen molar-refractivity contribution in [3.63, 3.8) is 0 Å². The van der Waals surface area contributed by atoms with E-state index in [-0.39, 0.29) is 9.86 Å². The summed E-state index contributed by atoms with van der Waals surface area (Å²) in [6.45, 7) is 7.87. The summed E-state index contributed by atoms with van der Waals surface area (Å²) in [5.41, 5.74) is 0.707. The second-order valence-corrected chi connectivity index (χ2v) is 7.17. The van der Waals surface area contributed by atoms with Gasteiger partial charge in [0.25, 0.3) is 0 Å². The molecule has 0 aromatic rings. The minimum Gasteiger partial charge on any atom is -0.282 e. The Morgan fingerprint density at radius 3 is 2.39 bits per heavy atom. The molecular weight excluding hydrogens is 240 g/mol. The SMILES string of the molecule is C=C(C)C(=O)SC1(CCCCCC)CCCCC1. The van der Waals surface area contributed by atoms with Crippen molar-refractivity contribution in [1.82, 2.24) is 0 Å². The standard InChI is InChI=1S/C16H28OS/c1-4-5-6-8-11-16(12-9-7-10-13-16)18-15(17)14(2)3/h2,4-13H2,1,3H3. The molecule has 1 saturated carbocycles. The van der Waals surface area contributed by atoms with Crippen LogP contribution in [-0.4, -0.2) is 9.86 Å². The number of carbonyl (C=O) groups is 1. The summed E-state index contributed by atoms with van der Waals surface area (Å²) in [5, 5.41) is 0.215. The van der Waals surface area contributed by atoms with Crippen LogP contribution >= 0.6 is 11.8 Å². The van der Waals surface area contributed by atoms with E-state index in [4.69, 9.17) is 0 Å². The summed E-state index contributed by atoms with van der Waals surface area (Å²) in [5.74, 6) is 0. The Kier molecular flexibility index (Phi) is 7.06. The fourth-order valence-electron chi connectivity index (χ4n) is 2.76. The van der Waals surface area contributed by atoms with E-state index in [1.165, 1.54) is 64.2 Å². The van der Waals surface area contributed by atoms with Crippen LogP contribution in [0.25, 0.3) is 0 Å². The van der Waals surface area contributed by atoms with E-state index >= 15 is 0 Å². The predicted molar refractivity (Wildman–Crippen MR) is 82.0 cm³/mol. The Bertz CT molecular complexity index is 277. The lowest BCUT2D eigenvalue weighted by atomic mass is 9.84. The van der Waals surface area contributed by atoms with Crippen molar-refractivity contribution in [2.75, 3.05) is 0 Å². The molecule has 0 atom stereocenters. The molecule has 0 unspecified atom stereocenters. The third-order valence-corrected chi connectivity index (χ3v) is 5.49. The maximum atomic E-state index is 12.0. The van der Waals surface area contributed by atoms with Crippen LogP contribution in [0.1, 0.15) is 78.1 Å². The van der Waals surface area contributed by atoms with Gasteiger partial charge in [-0.25, -0.2) is 0 Å². The third-order valence-electron chi connectivity index (χ3n) is 3.91. The lowest BCUT2D eigenvalue weighted by molar-refractivity contribution is -0.107. The molecule has 0 saturated heterocycles. The Balaban J connectivity index is 2.51. The average molecular weight is 268 g/mol. The first kappa shape index (κ1) is 15.8. The van der Waals surface area contributed by atoms with Gasteiger partial charge in [0.2, 0.25) is 5.12 Å². The number of carbonyl (C=O) groups excluding carboxylic acids is 1. The molecule has 0 spiro atoms. The van der Waals surface area contributed by atoms with E-state index in [9.17, 15) is 4.79 Å². The summed E-state index contributed by atoms with van der Waals surface area (Å²) in [4.78, 5) is 12.0. The highest BCUT2D eigenvalue weighted by Gasteiger charge is 2.34. The first-order valence-electron chi connectivity index (χ1n) is 7.48. The topological polar surface area (TPSA) is 17.1 Å². The molecule has 1 aliphatic carbocycles. The fraction of sp³-hybridized carbons (Fsp3) is 0.812. The van der Waals surface area contributed by atoms with Crippen molar-refractivity contribution < 1.29 is 4.79 Å². The van der Waals surface area contributed by atoms with Crippen molar-refractivity contribution in [2.45, 2.75) is 82.8 Å². The second-order valence-electron chi connectivity index (χ2n) is 5.72. The van der Waals surface area contributed by atoms with Crippen LogP contribution in [0.15, 0.2) is 12.2 Å². The summed E-state index contributed by atoms with van der Waals surface area (Å²) < 4.78 is 0.238. The van der Waals surface area contributed by atoms with Gasteiger partial charge in [-0.3, -0.25) is 4.79 Å². The summed E-state index contributed by atoms with van der Waals surface area (Å²) in [6, 6.07) is 0. The van der Waals surface area contributed by atoms with E-state index < -0.39 is 0 Å². The lowest BCUT2D eigenvalue weighted by Gasteiger charge is -2.36. The summed E-state index contributed by atoms with van der Waals surface area (Å²) in [6.07, 6.45) is 12.8. The third kappa shape index (κ3) is 5.17. The van der Waals surface area contributed by atoms with E-state index in [0.29, 0.717) is 5.57 Å². The molecule has 0 N–H and O–H groups in total. The Labute approximate surface area is 117 Å². The molecule has 0 amide bonds. The highest BCUT2D eigenvalue weighted by Crippen LogP contribution is 2.44. The molecular formula is C16H28OS. The number of thioether (sulfide) groups is 1. The minimum atomic E-state index is 0.215. The van der Waals surface area contributed by atoms with Crippen LogP contribution in [0.5, 0.6) is 0 Å². The van der Waals surface area contributed by atoms with E-state index in [1.54, 1.807) is 11.8 Å². The van der Waals surface area contributed by atoms with Crippen molar-refractivity contribution in [3.8, 4) is 0 Å². The molecule has 0 aromatic carbocycles. The van der Waals surface area contributed by atoms with Gasteiger partial charge in [0, 0.05) is 4.75 Å². The van der Waals surface area contributed by atoms with Crippen molar-refractivity contribution in [1.29, 1.82) is 0 Å². The van der Waals surface area contributed by atoms with Crippen molar-refractivity contribution in [2.24, 2.45) is 0 Å². The minimum absolute atomic E-state index is 0.215. The van der Waals surface area contributed by atoms with Gasteiger partial charge in [-0.1, -0.05) is 70.2 Å².